The first kappa shape index (κ1) is 11.4. The monoisotopic (exact) mass is 260 g/mol. The van der Waals surface area contributed by atoms with E-state index in [9.17, 15) is 5.11 Å². The minimum absolute atomic E-state index is 0.0246. The number of anilines is 2. The van der Waals surface area contributed by atoms with Crippen molar-refractivity contribution in [1.29, 1.82) is 0 Å². The lowest BCUT2D eigenvalue weighted by Gasteiger charge is -2.10. The van der Waals surface area contributed by atoms with Crippen LogP contribution in [0.5, 0.6) is 0 Å². The maximum Gasteiger partial charge on any atom is 0.0540 e. The number of nitrogens with one attached hydrogen (secondary N) is 1. The Morgan fingerprint density at radius 1 is 1.11 bits per heavy atom. The largest absolute Gasteiger partial charge is 0.399 e. The van der Waals surface area contributed by atoms with Gasteiger partial charge in [-0.3, -0.25) is 4.84 Å². The molecule has 0 heterocycles. The number of aliphatic hydroxyl groups is 1. The molecule has 4 heteroatoms. The summed E-state index contributed by atoms with van der Waals surface area (Å²) in [6.07, 6.45) is 0. The molecular weight excluding hydrogens is 248 g/mol. The molecule has 0 aliphatic heterocycles. The highest BCUT2D eigenvalue weighted by Gasteiger charge is 2.28. The molecule has 0 fully saturated rings. The molecule has 1 atom stereocenters. The summed E-state index contributed by atoms with van der Waals surface area (Å²) in [6.45, 7) is 0.0647. The first-order valence-electron chi connectivity index (χ1n) is 5.76. The van der Waals surface area contributed by atoms with E-state index in [-0.39, 0.29) is 12.5 Å². The van der Waals surface area contributed by atoms with Crippen LogP contribution in [-0.4, -0.2) is 11.7 Å². The molecule has 0 radical (unpaired) electrons. The van der Waals surface area contributed by atoms with Gasteiger partial charge in [-0.15, -0.1) is 0 Å². The Balaban J connectivity index is 2.23. The Kier molecular flexibility index (Phi) is 2.65. The van der Waals surface area contributed by atoms with Gasteiger partial charge < -0.3 is 10.8 Å². The molecule has 0 amide bonds. The minimum Gasteiger partial charge on any atom is -0.399 e. The number of rotatable bonds is 2. The van der Waals surface area contributed by atoms with Gasteiger partial charge in [0, 0.05) is 29.1 Å². The van der Waals surface area contributed by atoms with Gasteiger partial charge in [-0.25, -0.2) is 0 Å². The third-order valence-electron chi connectivity index (χ3n) is 3.46. The fraction of sp³-hybridized carbons (Fsp3) is 0.143. The summed E-state index contributed by atoms with van der Waals surface area (Å²) in [6, 6.07) is 11.7. The van der Waals surface area contributed by atoms with E-state index in [1.807, 2.05) is 36.4 Å². The van der Waals surface area contributed by atoms with Gasteiger partial charge in [0.1, 0.15) is 0 Å². The highest BCUT2D eigenvalue weighted by atomic mass is 35.5. The minimum atomic E-state index is -0.0246. The first-order chi connectivity index (χ1) is 8.74. The maximum absolute atomic E-state index is 9.62. The fourth-order valence-electron chi connectivity index (χ4n) is 2.63. The van der Waals surface area contributed by atoms with E-state index >= 15 is 0 Å². The molecule has 0 aromatic heterocycles. The smallest absolute Gasteiger partial charge is 0.0540 e. The number of benzene rings is 2. The number of nitrogen functional groups attached to an aromatic ring is 1. The molecule has 4 N–H and O–H groups in total. The van der Waals surface area contributed by atoms with Gasteiger partial charge in [0.15, 0.2) is 0 Å². The van der Waals surface area contributed by atoms with Crippen molar-refractivity contribution in [2.75, 3.05) is 17.2 Å². The predicted molar refractivity (Wildman–Crippen MR) is 74.7 cm³/mol. The van der Waals surface area contributed by atoms with E-state index in [1.165, 1.54) is 0 Å². The molecule has 2 aromatic rings. The molecule has 0 bridgehead atoms. The van der Waals surface area contributed by atoms with Gasteiger partial charge in [0.25, 0.3) is 0 Å². The Hall–Kier alpha value is -1.71. The summed E-state index contributed by atoms with van der Waals surface area (Å²) in [5.41, 5.74) is 11.8. The molecule has 3 nitrogen and oxygen atoms in total. The topological polar surface area (TPSA) is 58.3 Å². The van der Waals surface area contributed by atoms with E-state index in [0.29, 0.717) is 0 Å². The molecule has 3 rings (SSSR count). The molecule has 1 aliphatic rings. The number of halogens is 1. The van der Waals surface area contributed by atoms with Crippen molar-refractivity contribution in [2.45, 2.75) is 5.92 Å². The highest BCUT2D eigenvalue weighted by Crippen LogP contribution is 2.46. The normalized spacial score (nSPS) is 16.2. The molecule has 2 aromatic carbocycles. The van der Waals surface area contributed by atoms with Gasteiger partial charge in [-0.05, 0) is 46.5 Å². The Labute approximate surface area is 110 Å². The molecule has 18 heavy (non-hydrogen) atoms. The summed E-state index contributed by atoms with van der Waals surface area (Å²) in [4.78, 5) is 2.61. The van der Waals surface area contributed by atoms with Gasteiger partial charge in [-0.1, -0.05) is 12.1 Å². The third-order valence-corrected chi connectivity index (χ3v) is 3.68. The molecule has 1 aliphatic carbocycles. The van der Waals surface area contributed by atoms with Crippen LogP contribution < -0.4 is 10.6 Å². The number of hydrogen-bond donors (Lipinski definition) is 3. The van der Waals surface area contributed by atoms with Crippen LogP contribution in [0.4, 0.5) is 11.4 Å². The van der Waals surface area contributed by atoms with Crippen LogP contribution in [-0.2, 0) is 0 Å². The lowest BCUT2D eigenvalue weighted by molar-refractivity contribution is 0.282. The fourth-order valence-corrected chi connectivity index (χ4v) is 2.75. The SMILES string of the molecule is Nc1ccc2c(c1)C(CO)c1cc(NCl)ccc1-2. The quantitative estimate of drug-likeness (QED) is 0.575. The standard InChI is InChI=1S/C14H13ClN2O/c15-17-9-2-4-11-10-3-1-8(16)5-12(10)14(7-18)13(11)6-9/h1-6,14,17-18H,7,16H2. The zero-order chi connectivity index (χ0) is 12.7. The number of aliphatic hydroxyl groups excluding tert-OH is 1. The maximum atomic E-state index is 9.62. The van der Waals surface area contributed by atoms with Crippen molar-refractivity contribution in [3.05, 3.63) is 47.5 Å². The predicted octanol–water partition coefficient (Wildman–Crippen LogP) is 2.94. The zero-order valence-corrected chi connectivity index (χ0v) is 10.4. The number of nitrogens with two attached hydrogens (primary N) is 1. The zero-order valence-electron chi connectivity index (χ0n) is 9.65. The summed E-state index contributed by atoms with van der Waals surface area (Å²) < 4.78 is 0. The molecule has 0 saturated carbocycles. The molecule has 92 valence electrons. The van der Waals surface area contributed by atoms with Crippen LogP contribution >= 0.6 is 11.8 Å². The van der Waals surface area contributed by atoms with E-state index in [4.69, 9.17) is 17.5 Å². The van der Waals surface area contributed by atoms with Crippen LogP contribution in [0.2, 0.25) is 0 Å². The highest BCUT2D eigenvalue weighted by molar-refractivity contribution is 6.24. The van der Waals surface area contributed by atoms with Crippen molar-refractivity contribution in [1.82, 2.24) is 0 Å². The average Bonchev–Trinajstić information content (AvgIpc) is 2.70. The van der Waals surface area contributed by atoms with Crippen LogP contribution in [0.15, 0.2) is 36.4 Å². The second-order valence-corrected chi connectivity index (χ2v) is 4.67. The number of fused-ring (bicyclic) bond motifs is 3. The van der Waals surface area contributed by atoms with E-state index in [1.54, 1.807) is 0 Å². The van der Waals surface area contributed by atoms with Crippen molar-refractivity contribution >= 4 is 23.2 Å². The molecule has 1 unspecified atom stereocenters. The van der Waals surface area contributed by atoms with Crippen molar-refractivity contribution < 1.29 is 5.11 Å². The lowest BCUT2D eigenvalue weighted by atomic mass is 9.97. The van der Waals surface area contributed by atoms with Crippen LogP contribution in [0.1, 0.15) is 17.0 Å². The van der Waals surface area contributed by atoms with Crippen LogP contribution in [0.3, 0.4) is 0 Å². The molecule has 0 saturated heterocycles. The Morgan fingerprint density at radius 2 is 1.78 bits per heavy atom. The Morgan fingerprint density at radius 3 is 2.44 bits per heavy atom. The van der Waals surface area contributed by atoms with Crippen LogP contribution in [0.25, 0.3) is 11.1 Å². The lowest BCUT2D eigenvalue weighted by Crippen LogP contribution is -2.02. The van der Waals surface area contributed by atoms with Crippen LogP contribution in [0, 0.1) is 0 Å². The van der Waals surface area contributed by atoms with Crippen molar-refractivity contribution in [2.24, 2.45) is 0 Å². The number of hydrogen-bond acceptors (Lipinski definition) is 3. The second-order valence-electron chi connectivity index (χ2n) is 4.48. The van der Waals surface area contributed by atoms with Gasteiger partial charge >= 0.3 is 0 Å². The molecular formula is C14H13ClN2O. The van der Waals surface area contributed by atoms with Crippen molar-refractivity contribution in [3.8, 4) is 11.1 Å². The summed E-state index contributed by atoms with van der Waals surface area (Å²) in [7, 11) is 0. The third kappa shape index (κ3) is 1.55. The summed E-state index contributed by atoms with van der Waals surface area (Å²) >= 11 is 5.62. The van der Waals surface area contributed by atoms with Gasteiger partial charge in [-0.2, -0.15) is 0 Å². The first-order valence-corrected chi connectivity index (χ1v) is 6.13. The van der Waals surface area contributed by atoms with Crippen molar-refractivity contribution in [3.63, 3.8) is 0 Å². The van der Waals surface area contributed by atoms with E-state index in [2.05, 4.69) is 4.84 Å². The second kappa shape index (κ2) is 4.19. The van der Waals surface area contributed by atoms with Gasteiger partial charge in [0.05, 0.1) is 6.61 Å². The molecule has 0 spiro atoms. The van der Waals surface area contributed by atoms with E-state index < -0.39 is 0 Å². The Bertz CT molecular complexity index is 613. The summed E-state index contributed by atoms with van der Waals surface area (Å²) in [5.74, 6) is -0.0246. The average molecular weight is 261 g/mol. The summed E-state index contributed by atoms with van der Waals surface area (Å²) in [5, 5.41) is 9.62. The van der Waals surface area contributed by atoms with E-state index in [0.717, 1.165) is 33.6 Å². The van der Waals surface area contributed by atoms with Gasteiger partial charge in [0.2, 0.25) is 0 Å².